The Morgan fingerprint density at radius 2 is 1.96 bits per heavy atom. The molecule has 148 valence electrons. The smallest absolute Gasteiger partial charge is 0.253 e. The summed E-state index contributed by atoms with van der Waals surface area (Å²) in [6.07, 6.45) is 2.12. The van der Waals surface area contributed by atoms with Crippen molar-refractivity contribution in [2.75, 3.05) is 25.0 Å². The molecule has 0 saturated carbocycles. The molecule has 3 amide bonds. The fraction of sp³-hybridized carbons (Fsp3) is 0.350. The van der Waals surface area contributed by atoms with E-state index in [0.717, 1.165) is 19.4 Å². The minimum atomic E-state index is -0.273. The third kappa shape index (κ3) is 5.64. The third-order valence-electron chi connectivity index (χ3n) is 4.38. The predicted molar refractivity (Wildman–Crippen MR) is 108 cm³/mol. The highest BCUT2D eigenvalue weighted by molar-refractivity contribution is 7.08. The van der Waals surface area contributed by atoms with Crippen LogP contribution in [-0.2, 0) is 9.53 Å². The minimum Gasteiger partial charge on any atom is -0.376 e. The zero-order valence-electron chi connectivity index (χ0n) is 15.4. The van der Waals surface area contributed by atoms with Crippen LogP contribution in [0.25, 0.3) is 0 Å². The summed E-state index contributed by atoms with van der Waals surface area (Å²) in [5, 5.41) is 11.9. The molecule has 1 fully saturated rings. The Bertz CT molecular complexity index is 817. The van der Waals surface area contributed by atoms with Gasteiger partial charge in [0.1, 0.15) is 0 Å². The summed E-state index contributed by atoms with van der Waals surface area (Å²) in [6, 6.07) is 8.58. The minimum absolute atomic E-state index is 0.0533. The van der Waals surface area contributed by atoms with Gasteiger partial charge in [-0.3, -0.25) is 14.4 Å². The topological polar surface area (TPSA) is 96.5 Å². The molecule has 2 aromatic rings. The lowest BCUT2D eigenvalue weighted by atomic mass is 10.1. The molecule has 1 aromatic heterocycles. The quantitative estimate of drug-likeness (QED) is 0.633. The number of ether oxygens (including phenoxy) is 1. The zero-order valence-corrected chi connectivity index (χ0v) is 16.2. The second kappa shape index (κ2) is 10.0. The monoisotopic (exact) mass is 401 g/mol. The Labute approximate surface area is 167 Å². The molecule has 3 rings (SSSR count). The number of para-hydroxylation sites is 1. The van der Waals surface area contributed by atoms with Crippen LogP contribution in [0.3, 0.4) is 0 Å². The number of hydrogen-bond donors (Lipinski definition) is 3. The maximum absolute atomic E-state index is 12.5. The molecule has 8 heteroatoms. The normalized spacial score (nSPS) is 15.8. The van der Waals surface area contributed by atoms with E-state index in [4.69, 9.17) is 4.74 Å². The van der Waals surface area contributed by atoms with Crippen LogP contribution >= 0.6 is 11.3 Å². The zero-order chi connectivity index (χ0) is 19.8. The van der Waals surface area contributed by atoms with Crippen molar-refractivity contribution in [3.05, 3.63) is 52.2 Å². The van der Waals surface area contributed by atoms with E-state index in [1.165, 1.54) is 11.3 Å². The number of benzene rings is 1. The van der Waals surface area contributed by atoms with E-state index in [2.05, 4.69) is 16.0 Å². The van der Waals surface area contributed by atoms with Gasteiger partial charge in [-0.25, -0.2) is 0 Å². The maximum Gasteiger partial charge on any atom is 0.253 e. The van der Waals surface area contributed by atoms with Gasteiger partial charge in [-0.15, -0.1) is 0 Å². The van der Waals surface area contributed by atoms with E-state index >= 15 is 0 Å². The fourth-order valence-corrected chi connectivity index (χ4v) is 3.53. The fourth-order valence-electron chi connectivity index (χ4n) is 2.90. The molecule has 1 aliphatic heterocycles. The van der Waals surface area contributed by atoms with E-state index in [9.17, 15) is 14.4 Å². The van der Waals surface area contributed by atoms with Gasteiger partial charge in [0.2, 0.25) is 5.91 Å². The standard InChI is InChI=1S/C20H23N3O4S/c24-18(7-9-21-19(25)14-8-11-28-13-14)23-17-6-2-1-5-16(17)20(26)22-12-15-4-3-10-27-15/h1-2,5-6,8,11,13,15H,3-4,7,9-10,12H2,(H,21,25)(H,22,26)(H,23,24). The Morgan fingerprint density at radius 1 is 1.11 bits per heavy atom. The Balaban J connectivity index is 1.48. The number of amides is 3. The lowest BCUT2D eigenvalue weighted by molar-refractivity contribution is -0.116. The predicted octanol–water partition coefficient (Wildman–Crippen LogP) is 2.42. The molecule has 0 aliphatic carbocycles. The summed E-state index contributed by atoms with van der Waals surface area (Å²) in [7, 11) is 0. The molecule has 3 N–H and O–H groups in total. The number of thiophene rings is 1. The van der Waals surface area contributed by atoms with E-state index in [1.807, 2.05) is 5.38 Å². The van der Waals surface area contributed by atoms with Crippen LogP contribution in [0.15, 0.2) is 41.1 Å². The van der Waals surface area contributed by atoms with E-state index < -0.39 is 0 Å². The molecule has 1 aromatic carbocycles. The number of hydrogen-bond acceptors (Lipinski definition) is 5. The van der Waals surface area contributed by atoms with Gasteiger partial charge in [0.05, 0.1) is 17.4 Å². The summed E-state index contributed by atoms with van der Waals surface area (Å²) >= 11 is 1.44. The van der Waals surface area contributed by atoms with Gasteiger partial charge in [0.25, 0.3) is 11.8 Å². The third-order valence-corrected chi connectivity index (χ3v) is 5.06. The molecule has 1 saturated heterocycles. The summed E-state index contributed by atoms with van der Waals surface area (Å²) in [6.45, 7) is 1.40. The first-order chi connectivity index (χ1) is 13.6. The molecule has 1 aliphatic rings. The van der Waals surface area contributed by atoms with Crippen LogP contribution in [0.2, 0.25) is 0 Å². The summed E-state index contributed by atoms with van der Waals surface area (Å²) in [4.78, 5) is 36.5. The van der Waals surface area contributed by atoms with Crippen LogP contribution in [-0.4, -0.2) is 43.5 Å². The molecule has 0 radical (unpaired) electrons. The first kappa shape index (κ1) is 20.0. The molecule has 7 nitrogen and oxygen atoms in total. The molecule has 0 bridgehead atoms. The molecule has 28 heavy (non-hydrogen) atoms. The Kier molecular flexibility index (Phi) is 7.16. The van der Waals surface area contributed by atoms with E-state index in [1.54, 1.807) is 35.7 Å². The van der Waals surface area contributed by atoms with Gasteiger partial charge in [-0.2, -0.15) is 11.3 Å². The molecule has 1 unspecified atom stereocenters. The van der Waals surface area contributed by atoms with Gasteiger partial charge in [0, 0.05) is 37.1 Å². The Hall–Kier alpha value is -2.71. The van der Waals surface area contributed by atoms with Crippen LogP contribution in [0.1, 0.15) is 40.0 Å². The van der Waals surface area contributed by atoms with Gasteiger partial charge < -0.3 is 20.7 Å². The highest BCUT2D eigenvalue weighted by atomic mass is 32.1. The summed E-state index contributed by atoms with van der Waals surface area (Å²) in [5.41, 5.74) is 1.43. The van der Waals surface area contributed by atoms with E-state index in [0.29, 0.717) is 23.4 Å². The number of carbonyl (C=O) groups is 3. The van der Waals surface area contributed by atoms with Crippen LogP contribution in [0.4, 0.5) is 5.69 Å². The van der Waals surface area contributed by atoms with Crippen molar-refractivity contribution in [2.45, 2.75) is 25.4 Å². The molecule has 0 spiro atoms. The van der Waals surface area contributed by atoms with Crippen molar-refractivity contribution in [3.63, 3.8) is 0 Å². The van der Waals surface area contributed by atoms with Crippen LogP contribution in [0, 0.1) is 0 Å². The van der Waals surface area contributed by atoms with E-state index in [-0.39, 0.29) is 36.8 Å². The number of rotatable bonds is 8. The number of anilines is 1. The average molecular weight is 401 g/mol. The Morgan fingerprint density at radius 3 is 2.71 bits per heavy atom. The highest BCUT2D eigenvalue weighted by Crippen LogP contribution is 2.16. The first-order valence-corrected chi connectivity index (χ1v) is 10.2. The van der Waals surface area contributed by atoms with Crippen molar-refractivity contribution < 1.29 is 19.1 Å². The SMILES string of the molecule is O=C(CCNC(=O)c1ccsc1)Nc1ccccc1C(=O)NCC1CCCO1. The van der Waals surface area contributed by atoms with Gasteiger partial charge in [0.15, 0.2) is 0 Å². The number of nitrogens with one attached hydrogen (secondary N) is 3. The van der Waals surface area contributed by atoms with Gasteiger partial charge in [-0.1, -0.05) is 12.1 Å². The van der Waals surface area contributed by atoms with Crippen molar-refractivity contribution >= 4 is 34.7 Å². The average Bonchev–Trinajstić information content (AvgIpc) is 3.40. The lowest BCUT2D eigenvalue weighted by Gasteiger charge is -2.14. The van der Waals surface area contributed by atoms with Gasteiger partial charge in [-0.05, 0) is 36.4 Å². The number of carbonyl (C=O) groups excluding carboxylic acids is 3. The molecule has 1 atom stereocenters. The van der Waals surface area contributed by atoms with Crippen molar-refractivity contribution in [1.82, 2.24) is 10.6 Å². The first-order valence-electron chi connectivity index (χ1n) is 9.22. The summed E-state index contributed by atoms with van der Waals surface area (Å²) < 4.78 is 5.51. The van der Waals surface area contributed by atoms with Gasteiger partial charge >= 0.3 is 0 Å². The molecular formula is C20H23N3O4S. The second-order valence-electron chi connectivity index (χ2n) is 6.46. The van der Waals surface area contributed by atoms with Crippen LogP contribution in [0.5, 0.6) is 0 Å². The summed E-state index contributed by atoms with van der Waals surface area (Å²) in [5.74, 6) is -0.731. The van der Waals surface area contributed by atoms with Crippen LogP contribution < -0.4 is 16.0 Å². The maximum atomic E-state index is 12.5. The largest absolute Gasteiger partial charge is 0.376 e. The lowest BCUT2D eigenvalue weighted by Crippen LogP contribution is -2.32. The van der Waals surface area contributed by atoms with Crippen molar-refractivity contribution in [2.24, 2.45) is 0 Å². The van der Waals surface area contributed by atoms with Crippen molar-refractivity contribution in [3.8, 4) is 0 Å². The highest BCUT2D eigenvalue weighted by Gasteiger charge is 2.18. The molecular weight excluding hydrogens is 378 g/mol. The second-order valence-corrected chi connectivity index (χ2v) is 7.24. The molecule has 2 heterocycles. The van der Waals surface area contributed by atoms with Crippen molar-refractivity contribution in [1.29, 1.82) is 0 Å².